The summed E-state index contributed by atoms with van der Waals surface area (Å²) >= 11 is 0. The Kier molecular flexibility index (Phi) is 5.91. The lowest BCUT2D eigenvalue weighted by Crippen LogP contribution is -2.39. The molecule has 1 fully saturated rings. The molecule has 4 nitrogen and oxygen atoms in total. The van der Waals surface area contributed by atoms with Crippen molar-refractivity contribution in [3.63, 3.8) is 0 Å². The highest BCUT2D eigenvalue weighted by molar-refractivity contribution is 5.95. The predicted molar refractivity (Wildman–Crippen MR) is 97.1 cm³/mol. The molecular formula is C20H28N2O2. The van der Waals surface area contributed by atoms with Crippen molar-refractivity contribution < 1.29 is 9.90 Å². The number of anilines is 1. The molecule has 2 N–H and O–H groups in total. The van der Waals surface area contributed by atoms with Crippen molar-refractivity contribution in [3.8, 4) is 0 Å². The van der Waals surface area contributed by atoms with E-state index in [2.05, 4.69) is 17.5 Å². The molecule has 2 aliphatic rings. The molecule has 1 saturated heterocycles. The Bertz CT molecular complexity index is 577. The smallest absolute Gasteiger partial charge is 0.253 e. The number of amides is 1. The average molecular weight is 328 g/mol. The summed E-state index contributed by atoms with van der Waals surface area (Å²) in [5.74, 6) is 1.15. The van der Waals surface area contributed by atoms with Gasteiger partial charge in [-0.25, -0.2) is 0 Å². The van der Waals surface area contributed by atoms with E-state index < -0.39 is 0 Å². The Morgan fingerprint density at radius 2 is 2.00 bits per heavy atom. The summed E-state index contributed by atoms with van der Waals surface area (Å²) in [7, 11) is 0. The van der Waals surface area contributed by atoms with Crippen molar-refractivity contribution in [2.45, 2.75) is 32.1 Å². The molecule has 0 aromatic heterocycles. The molecule has 1 heterocycles. The standard InChI is InChI=1S/C20H28N2O2/c23-15-17-9-11-22(12-10-17)20(24)18-7-4-8-19(13-18)21-14-16-5-2-1-3-6-16/h1-2,4,7-8,13,16-17,21,23H,3,5-6,9-12,14-15H2. The third-order valence-corrected chi connectivity index (χ3v) is 5.24. The minimum absolute atomic E-state index is 0.107. The van der Waals surface area contributed by atoms with Crippen LogP contribution in [0.2, 0.25) is 0 Å². The number of hydrogen-bond acceptors (Lipinski definition) is 3. The highest BCUT2D eigenvalue weighted by Gasteiger charge is 2.23. The van der Waals surface area contributed by atoms with Crippen LogP contribution in [-0.4, -0.2) is 42.2 Å². The number of piperidine rings is 1. The first-order valence-corrected chi connectivity index (χ1v) is 9.15. The lowest BCUT2D eigenvalue weighted by Gasteiger charge is -2.31. The fourth-order valence-electron chi connectivity index (χ4n) is 3.57. The van der Waals surface area contributed by atoms with Gasteiger partial charge < -0.3 is 15.3 Å². The molecule has 0 bridgehead atoms. The molecule has 4 heteroatoms. The van der Waals surface area contributed by atoms with Crippen LogP contribution in [0.4, 0.5) is 5.69 Å². The number of nitrogens with one attached hydrogen (secondary N) is 1. The fraction of sp³-hybridized carbons (Fsp3) is 0.550. The van der Waals surface area contributed by atoms with E-state index in [4.69, 9.17) is 0 Å². The molecule has 1 aromatic carbocycles. The molecule has 0 radical (unpaired) electrons. The highest BCUT2D eigenvalue weighted by Crippen LogP contribution is 2.21. The zero-order valence-electron chi connectivity index (χ0n) is 14.3. The quantitative estimate of drug-likeness (QED) is 0.816. The number of benzene rings is 1. The zero-order valence-corrected chi connectivity index (χ0v) is 14.3. The Labute approximate surface area is 144 Å². The number of carbonyl (C=O) groups is 1. The van der Waals surface area contributed by atoms with E-state index in [-0.39, 0.29) is 12.5 Å². The van der Waals surface area contributed by atoms with Crippen LogP contribution < -0.4 is 5.32 Å². The van der Waals surface area contributed by atoms with Crippen LogP contribution in [-0.2, 0) is 0 Å². The van der Waals surface area contributed by atoms with Gasteiger partial charge in [0.15, 0.2) is 0 Å². The van der Waals surface area contributed by atoms with Crippen molar-refractivity contribution in [2.24, 2.45) is 11.8 Å². The van der Waals surface area contributed by atoms with Gasteiger partial charge in [-0.2, -0.15) is 0 Å². The van der Waals surface area contributed by atoms with Gasteiger partial charge >= 0.3 is 0 Å². The van der Waals surface area contributed by atoms with E-state index in [1.807, 2.05) is 29.2 Å². The monoisotopic (exact) mass is 328 g/mol. The number of aliphatic hydroxyl groups is 1. The predicted octanol–water partition coefficient (Wildman–Crippen LogP) is 3.30. The second-order valence-corrected chi connectivity index (χ2v) is 7.03. The summed E-state index contributed by atoms with van der Waals surface area (Å²) in [5, 5.41) is 12.7. The first-order chi connectivity index (χ1) is 11.8. The summed E-state index contributed by atoms with van der Waals surface area (Å²) in [6.45, 7) is 2.69. The number of allylic oxidation sites excluding steroid dienone is 2. The normalized spacial score (nSPS) is 21.7. The zero-order chi connectivity index (χ0) is 16.8. The molecule has 1 aliphatic carbocycles. The van der Waals surface area contributed by atoms with Crippen LogP contribution in [0.5, 0.6) is 0 Å². The van der Waals surface area contributed by atoms with Crippen LogP contribution in [0.25, 0.3) is 0 Å². The van der Waals surface area contributed by atoms with Crippen LogP contribution in [0.1, 0.15) is 42.5 Å². The first kappa shape index (κ1) is 17.0. The summed E-state index contributed by atoms with van der Waals surface area (Å²) in [6, 6.07) is 7.86. The first-order valence-electron chi connectivity index (χ1n) is 9.15. The van der Waals surface area contributed by atoms with Crippen LogP contribution in [0, 0.1) is 11.8 Å². The van der Waals surface area contributed by atoms with Gasteiger partial charge in [-0.05, 0) is 62.1 Å². The molecule has 24 heavy (non-hydrogen) atoms. The Hall–Kier alpha value is -1.81. The van der Waals surface area contributed by atoms with Crippen LogP contribution in [0.15, 0.2) is 36.4 Å². The Balaban J connectivity index is 1.56. The molecule has 0 spiro atoms. The molecule has 1 atom stereocenters. The maximum absolute atomic E-state index is 12.7. The van der Waals surface area contributed by atoms with Gasteiger partial charge in [-0.3, -0.25) is 4.79 Å². The van der Waals surface area contributed by atoms with Gasteiger partial charge in [0, 0.05) is 37.5 Å². The summed E-state index contributed by atoms with van der Waals surface area (Å²) in [4.78, 5) is 14.6. The summed E-state index contributed by atoms with van der Waals surface area (Å²) < 4.78 is 0. The largest absolute Gasteiger partial charge is 0.396 e. The van der Waals surface area contributed by atoms with Gasteiger partial charge in [0.1, 0.15) is 0 Å². The molecule has 0 saturated carbocycles. The average Bonchev–Trinajstić information content (AvgIpc) is 2.67. The molecule has 1 amide bonds. The number of hydrogen-bond donors (Lipinski definition) is 2. The lowest BCUT2D eigenvalue weighted by molar-refractivity contribution is 0.0651. The second-order valence-electron chi connectivity index (χ2n) is 7.03. The second kappa shape index (κ2) is 8.34. The summed E-state index contributed by atoms with van der Waals surface area (Å²) in [5.41, 5.74) is 1.78. The minimum atomic E-state index is 0.107. The molecular weight excluding hydrogens is 300 g/mol. The lowest BCUT2D eigenvalue weighted by atomic mass is 9.94. The number of rotatable bonds is 5. The van der Waals surface area contributed by atoms with E-state index in [0.717, 1.165) is 50.1 Å². The highest BCUT2D eigenvalue weighted by atomic mass is 16.3. The fourth-order valence-corrected chi connectivity index (χ4v) is 3.57. The van der Waals surface area contributed by atoms with Gasteiger partial charge in [0.2, 0.25) is 0 Å². The minimum Gasteiger partial charge on any atom is -0.396 e. The topological polar surface area (TPSA) is 52.6 Å². The third-order valence-electron chi connectivity index (χ3n) is 5.24. The molecule has 1 aromatic rings. The number of nitrogens with zero attached hydrogens (tertiary/aromatic N) is 1. The van der Waals surface area contributed by atoms with E-state index in [1.165, 1.54) is 12.8 Å². The van der Waals surface area contributed by atoms with Crippen molar-refractivity contribution in [3.05, 3.63) is 42.0 Å². The number of aliphatic hydroxyl groups excluding tert-OH is 1. The maximum Gasteiger partial charge on any atom is 0.253 e. The van der Waals surface area contributed by atoms with Gasteiger partial charge in [-0.1, -0.05) is 18.2 Å². The van der Waals surface area contributed by atoms with E-state index in [1.54, 1.807) is 0 Å². The molecule has 1 unspecified atom stereocenters. The molecule has 3 rings (SSSR count). The SMILES string of the molecule is O=C(c1cccc(NCC2CC=CCC2)c1)N1CCC(CO)CC1. The van der Waals surface area contributed by atoms with Crippen LogP contribution in [0.3, 0.4) is 0 Å². The number of carbonyl (C=O) groups excluding carboxylic acids is 1. The van der Waals surface area contributed by atoms with Gasteiger partial charge in [-0.15, -0.1) is 0 Å². The van der Waals surface area contributed by atoms with Crippen molar-refractivity contribution in [1.29, 1.82) is 0 Å². The van der Waals surface area contributed by atoms with Gasteiger partial charge in [0.25, 0.3) is 5.91 Å². The van der Waals surface area contributed by atoms with Crippen molar-refractivity contribution in [1.82, 2.24) is 4.90 Å². The molecule has 130 valence electrons. The van der Waals surface area contributed by atoms with Crippen molar-refractivity contribution in [2.75, 3.05) is 31.6 Å². The third kappa shape index (κ3) is 4.38. The summed E-state index contributed by atoms with van der Waals surface area (Å²) in [6.07, 6.45) is 9.88. The Morgan fingerprint density at radius 3 is 2.71 bits per heavy atom. The van der Waals surface area contributed by atoms with Crippen LogP contribution >= 0.6 is 0 Å². The van der Waals surface area contributed by atoms with Gasteiger partial charge in [0.05, 0.1) is 0 Å². The van der Waals surface area contributed by atoms with E-state index in [0.29, 0.717) is 11.8 Å². The van der Waals surface area contributed by atoms with E-state index in [9.17, 15) is 9.90 Å². The maximum atomic E-state index is 12.7. The Morgan fingerprint density at radius 1 is 1.17 bits per heavy atom. The van der Waals surface area contributed by atoms with Crippen molar-refractivity contribution >= 4 is 11.6 Å². The number of likely N-dealkylation sites (tertiary alicyclic amines) is 1. The van der Waals surface area contributed by atoms with E-state index >= 15 is 0 Å². The molecule has 1 aliphatic heterocycles.